The molecule has 4 heteroatoms. The van der Waals surface area contributed by atoms with Gasteiger partial charge in [0.05, 0.1) is 0 Å². The molecule has 0 bridgehead atoms. The van der Waals surface area contributed by atoms with Crippen LogP contribution >= 0.6 is 10.0 Å². The zero-order valence-electron chi connectivity index (χ0n) is 21.0. The van der Waals surface area contributed by atoms with Gasteiger partial charge in [0.15, 0.2) is 17.5 Å². The number of aromatic nitrogens is 3. The average molecular weight is 508 g/mol. The molecule has 1 aliphatic rings. The summed E-state index contributed by atoms with van der Waals surface area (Å²) >= 11 is 0. The van der Waals surface area contributed by atoms with Crippen LogP contribution in [0.5, 0.6) is 0 Å². The summed E-state index contributed by atoms with van der Waals surface area (Å²) < 4.78 is 0. The van der Waals surface area contributed by atoms with Gasteiger partial charge in [-0.25, -0.2) is 15.0 Å². The average Bonchev–Trinajstić information content (AvgIpc) is 3.28. The van der Waals surface area contributed by atoms with Crippen molar-refractivity contribution in [3.05, 3.63) is 133 Å². The van der Waals surface area contributed by atoms with E-state index in [1.807, 2.05) is 36.4 Å². The highest BCUT2D eigenvalue weighted by molar-refractivity contribution is 8.33. The van der Waals surface area contributed by atoms with Crippen molar-refractivity contribution in [1.29, 1.82) is 0 Å². The SMILES string of the molecule is CS1(c2ccccc2)c2ccccc2-c2c(-c3nc(-c4ccccc4)nc(-c4ccccc4)n3)cccc21. The zero-order valence-corrected chi connectivity index (χ0v) is 21.8. The Morgan fingerprint density at radius 2 is 0.895 bits per heavy atom. The second kappa shape index (κ2) is 9.09. The first-order valence-corrected chi connectivity index (χ1v) is 14.7. The Kier molecular flexibility index (Phi) is 5.41. The van der Waals surface area contributed by atoms with E-state index in [0.29, 0.717) is 17.5 Å². The minimum atomic E-state index is -1.43. The molecule has 5 aromatic carbocycles. The van der Waals surface area contributed by atoms with Crippen LogP contribution in [0.2, 0.25) is 0 Å². The van der Waals surface area contributed by atoms with Gasteiger partial charge in [0.2, 0.25) is 0 Å². The van der Waals surface area contributed by atoms with E-state index in [1.165, 1.54) is 25.8 Å². The topological polar surface area (TPSA) is 38.7 Å². The molecule has 0 N–H and O–H groups in total. The van der Waals surface area contributed by atoms with Crippen LogP contribution < -0.4 is 0 Å². The van der Waals surface area contributed by atoms with Crippen molar-refractivity contribution in [3.63, 3.8) is 0 Å². The Hall–Kier alpha value is -4.54. The molecule has 0 spiro atoms. The molecule has 7 rings (SSSR count). The van der Waals surface area contributed by atoms with Crippen LogP contribution in [0.3, 0.4) is 0 Å². The second-order valence-electron chi connectivity index (χ2n) is 9.44. The lowest BCUT2D eigenvalue weighted by atomic mass is 9.99. The van der Waals surface area contributed by atoms with Gasteiger partial charge in [0, 0.05) is 32.0 Å². The maximum absolute atomic E-state index is 5.06. The fraction of sp³-hybridized carbons (Fsp3) is 0.0294. The molecule has 6 aromatic rings. The maximum atomic E-state index is 5.06. The van der Waals surface area contributed by atoms with E-state index in [9.17, 15) is 0 Å². The molecular weight excluding hydrogens is 482 g/mol. The van der Waals surface area contributed by atoms with Gasteiger partial charge in [0.25, 0.3) is 0 Å². The van der Waals surface area contributed by atoms with Crippen LogP contribution in [0.15, 0.2) is 148 Å². The Bertz CT molecular complexity index is 1710. The van der Waals surface area contributed by atoms with Crippen molar-refractivity contribution < 1.29 is 0 Å². The zero-order chi connectivity index (χ0) is 25.5. The van der Waals surface area contributed by atoms with Crippen LogP contribution in [0.4, 0.5) is 0 Å². The quantitative estimate of drug-likeness (QED) is 0.239. The number of benzene rings is 5. The summed E-state index contributed by atoms with van der Waals surface area (Å²) in [5.41, 5.74) is 5.48. The molecule has 0 amide bonds. The molecule has 182 valence electrons. The summed E-state index contributed by atoms with van der Waals surface area (Å²) in [4.78, 5) is 19.1. The first-order valence-electron chi connectivity index (χ1n) is 12.7. The van der Waals surface area contributed by atoms with E-state index < -0.39 is 10.0 Å². The molecule has 0 saturated carbocycles. The summed E-state index contributed by atoms with van der Waals surface area (Å²) in [6.07, 6.45) is 2.41. The first kappa shape index (κ1) is 22.6. The van der Waals surface area contributed by atoms with E-state index in [-0.39, 0.29) is 0 Å². The van der Waals surface area contributed by atoms with Crippen LogP contribution in [0.25, 0.3) is 45.3 Å². The minimum Gasteiger partial charge on any atom is -0.208 e. The van der Waals surface area contributed by atoms with Crippen molar-refractivity contribution in [2.24, 2.45) is 0 Å². The summed E-state index contributed by atoms with van der Waals surface area (Å²) in [6, 6.07) is 46.6. The summed E-state index contributed by atoms with van der Waals surface area (Å²) in [5, 5.41) is 0. The molecule has 1 unspecified atom stereocenters. The van der Waals surface area contributed by atoms with E-state index in [4.69, 9.17) is 15.0 Å². The standard InChI is InChI=1S/C34H25N3S/c1-38(26-18-9-4-10-19-26)29-22-12-11-20-27(29)31-28(21-13-23-30(31)38)34-36-32(24-14-5-2-6-15-24)35-33(37-34)25-16-7-3-8-17-25/h2-23H,1H3. The second-order valence-corrected chi connectivity index (χ2v) is 12.6. The Morgan fingerprint density at radius 1 is 0.421 bits per heavy atom. The summed E-state index contributed by atoms with van der Waals surface area (Å²) in [5.74, 6) is 2.05. The van der Waals surface area contributed by atoms with Crippen LogP contribution in [-0.4, -0.2) is 21.2 Å². The van der Waals surface area contributed by atoms with Gasteiger partial charge in [-0.3, -0.25) is 0 Å². The first-order chi connectivity index (χ1) is 18.7. The van der Waals surface area contributed by atoms with Crippen LogP contribution in [0.1, 0.15) is 0 Å². The third kappa shape index (κ3) is 3.57. The Balaban J connectivity index is 1.51. The number of nitrogens with zero attached hydrogens (tertiary/aromatic N) is 3. The van der Waals surface area contributed by atoms with E-state index in [0.717, 1.165) is 16.7 Å². The van der Waals surface area contributed by atoms with Crippen molar-refractivity contribution >= 4 is 10.0 Å². The number of hydrogen-bond donors (Lipinski definition) is 0. The third-order valence-corrected chi connectivity index (χ3v) is 10.9. The molecule has 2 heterocycles. The molecular formula is C34H25N3S. The lowest BCUT2D eigenvalue weighted by molar-refractivity contribution is 1.07. The van der Waals surface area contributed by atoms with Gasteiger partial charge in [-0.15, -0.1) is 0 Å². The van der Waals surface area contributed by atoms with Gasteiger partial charge >= 0.3 is 0 Å². The molecule has 0 saturated heterocycles. The number of hydrogen-bond acceptors (Lipinski definition) is 3. The highest BCUT2D eigenvalue weighted by Crippen LogP contribution is 2.74. The molecule has 0 radical (unpaired) electrons. The van der Waals surface area contributed by atoms with Crippen molar-refractivity contribution in [1.82, 2.24) is 15.0 Å². The fourth-order valence-corrected chi connectivity index (χ4v) is 8.74. The van der Waals surface area contributed by atoms with Gasteiger partial charge in [-0.1, -0.05) is 109 Å². The van der Waals surface area contributed by atoms with E-state index in [2.05, 4.69) is 103 Å². The van der Waals surface area contributed by atoms with Crippen molar-refractivity contribution in [2.75, 3.05) is 6.26 Å². The normalized spacial score (nSPS) is 17.3. The summed E-state index contributed by atoms with van der Waals surface area (Å²) in [6.45, 7) is 0. The molecule has 3 nitrogen and oxygen atoms in total. The van der Waals surface area contributed by atoms with Crippen LogP contribution in [0, 0.1) is 0 Å². The van der Waals surface area contributed by atoms with E-state index >= 15 is 0 Å². The van der Waals surface area contributed by atoms with Gasteiger partial charge in [0.1, 0.15) is 0 Å². The number of fused-ring (bicyclic) bond motifs is 3. The lowest BCUT2D eigenvalue weighted by Gasteiger charge is -2.34. The molecule has 38 heavy (non-hydrogen) atoms. The van der Waals surface area contributed by atoms with Gasteiger partial charge in [-0.05, 0) is 41.0 Å². The lowest BCUT2D eigenvalue weighted by Crippen LogP contribution is -2.01. The molecule has 1 atom stereocenters. The largest absolute Gasteiger partial charge is 0.208 e. The highest BCUT2D eigenvalue weighted by atomic mass is 32.3. The fourth-order valence-electron chi connectivity index (χ4n) is 5.36. The molecule has 1 aliphatic heterocycles. The molecule has 1 aromatic heterocycles. The van der Waals surface area contributed by atoms with Crippen LogP contribution in [-0.2, 0) is 0 Å². The number of rotatable bonds is 4. The van der Waals surface area contributed by atoms with Crippen molar-refractivity contribution in [2.45, 2.75) is 14.7 Å². The maximum Gasteiger partial charge on any atom is 0.164 e. The highest BCUT2D eigenvalue weighted by Gasteiger charge is 2.38. The summed E-state index contributed by atoms with van der Waals surface area (Å²) in [7, 11) is -1.43. The Morgan fingerprint density at radius 3 is 1.53 bits per heavy atom. The monoisotopic (exact) mass is 507 g/mol. The predicted molar refractivity (Wildman–Crippen MR) is 156 cm³/mol. The Labute approximate surface area is 224 Å². The van der Waals surface area contributed by atoms with Gasteiger partial charge < -0.3 is 0 Å². The predicted octanol–water partition coefficient (Wildman–Crippen LogP) is 8.76. The smallest absolute Gasteiger partial charge is 0.164 e. The molecule has 0 aliphatic carbocycles. The molecule has 0 fully saturated rings. The van der Waals surface area contributed by atoms with Crippen molar-refractivity contribution in [3.8, 4) is 45.3 Å². The van der Waals surface area contributed by atoms with Gasteiger partial charge in [-0.2, -0.15) is 10.0 Å². The third-order valence-electron chi connectivity index (χ3n) is 7.22. The van der Waals surface area contributed by atoms with E-state index in [1.54, 1.807) is 0 Å². The minimum absolute atomic E-state index is 0.677.